The third kappa shape index (κ3) is 4.83. The van der Waals surface area contributed by atoms with Crippen LogP contribution in [0.1, 0.15) is 58.2 Å². The number of nitrogens with zero attached hydrogens (tertiary/aromatic N) is 2. The number of likely N-dealkylation sites (tertiary alicyclic amines) is 1. The Balaban J connectivity index is 1.53. The molecule has 2 amide bonds. The topological polar surface area (TPSA) is 118 Å². The first kappa shape index (κ1) is 22.7. The molecule has 2 atom stereocenters. The van der Waals surface area contributed by atoms with Gasteiger partial charge in [0.2, 0.25) is 11.8 Å². The number of carbonyl (C=O) groups excluding carboxylic acids is 2. The number of aromatic nitrogens is 2. The number of H-pyrrole nitrogens is 1. The summed E-state index contributed by atoms with van der Waals surface area (Å²) in [6.07, 6.45) is 5.15. The first-order valence-corrected chi connectivity index (χ1v) is 11.4. The van der Waals surface area contributed by atoms with E-state index in [1.807, 2.05) is 55.3 Å². The molecule has 0 spiro atoms. The van der Waals surface area contributed by atoms with Crippen molar-refractivity contribution in [3.63, 3.8) is 0 Å². The summed E-state index contributed by atoms with van der Waals surface area (Å²) in [7, 11) is 0. The fraction of sp³-hybridized carbons (Fsp3) is 0.346. The molecule has 1 fully saturated rings. The average Bonchev–Trinajstić information content (AvgIpc) is 3.31. The van der Waals surface area contributed by atoms with E-state index < -0.39 is 11.9 Å². The highest BCUT2D eigenvalue weighted by Crippen LogP contribution is 2.31. The fourth-order valence-electron chi connectivity index (χ4n) is 4.72. The number of carbonyl (C=O) groups is 2. The Labute approximate surface area is 194 Å². The normalized spacial score (nSPS) is 17.1. The van der Waals surface area contributed by atoms with Gasteiger partial charge in [0.25, 0.3) is 0 Å². The van der Waals surface area contributed by atoms with Crippen molar-refractivity contribution in [3.8, 4) is 11.3 Å². The molecule has 172 valence electrons. The van der Waals surface area contributed by atoms with E-state index in [1.165, 1.54) is 0 Å². The standard InChI is InChI=1S/C26H31N5O2/c1-16-12-19(24(28)32)13-17(2)20(16)14-21(27)26(33)31-11-7-6-10-23(31)25-29-15-22(30-25)18-8-4-3-5-9-18/h3-5,8-9,12-13,15,21,23H,6-7,10-11,14,27H2,1-2H3,(H2,28,32)(H,29,30). The quantitative estimate of drug-likeness (QED) is 0.539. The smallest absolute Gasteiger partial charge is 0.248 e. The Bertz CT molecular complexity index is 1130. The summed E-state index contributed by atoms with van der Waals surface area (Å²) < 4.78 is 0. The van der Waals surface area contributed by atoms with Crippen LogP contribution >= 0.6 is 0 Å². The maximum absolute atomic E-state index is 13.4. The van der Waals surface area contributed by atoms with E-state index in [1.54, 1.807) is 12.1 Å². The molecule has 1 aliphatic heterocycles. The van der Waals surface area contributed by atoms with Crippen molar-refractivity contribution in [1.29, 1.82) is 0 Å². The molecule has 2 aromatic carbocycles. The number of rotatable bonds is 6. The third-order valence-corrected chi connectivity index (χ3v) is 6.49. The third-order valence-electron chi connectivity index (χ3n) is 6.49. The highest BCUT2D eigenvalue weighted by Gasteiger charge is 2.33. The number of benzene rings is 2. The van der Waals surface area contributed by atoms with Crippen molar-refractivity contribution < 1.29 is 9.59 Å². The van der Waals surface area contributed by atoms with Crippen molar-refractivity contribution in [2.45, 2.75) is 51.6 Å². The molecule has 33 heavy (non-hydrogen) atoms. The summed E-state index contributed by atoms with van der Waals surface area (Å²) in [5, 5.41) is 0. The Morgan fingerprint density at radius 3 is 2.52 bits per heavy atom. The van der Waals surface area contributed by atoms with Gasteiger partial charge in [-0.05, 0) is 68.4 Å². The van der Waals surface area contributed by atoms with E-state index in [9.17, 15) is 9.59 Å². The van der Waals surface area contributed by atoms with Crippen molar-refractivity contribution in [2.24, 2.45) is 11.5 Å². The van der Waals surface area contributed by atoms with Gasteiger partial charge in [0.1, 0.15) is 5.82 Å². The molecule has 2 heterocycles. The highest BCUT2D eigenvalue weighted by atomic mass is 16.2. The number of hydrogen-bond acceptors (Lipinski definition) is 4. The fourth-order valence-corrected chi connectivity index (χ4v) is 4.72. The number of aromatic amines is 1. The van der Waals surface area contributed by atoms with Crippen LogP contribution in [0, 0.1) is 13.8 Å². The first-order chi connectivity index (χ1) is 15.8. The van der Waals surface area contributed by atoms with Crippen molar-refractivity contribution in [1.82, 2.24) is 14.9 Å². The molecule has 5 N–H and O–H groups in total. The van der Waals surface area contributed by atoms with Gasteiger partial charge in [-0.2, -0.15) is 0 Å². The van der Waals surface area contributed by atoms with Crippen LogP contribution in [0.2, 0.25) is 0 Å². The van der Waals surface area contributed by atoms with Crippen molar-refractivity contribution in [3.05, 3.63) is 76.7 Å². The molecule has 0 aliphatic carbocycles. The minimum atomic E-state index is -0.675. The Morgan fingerprint density at radius 1 is 1.15 bits per heavy atom. The monoisotopic (exact) mass is 445 g/mol. The molecular formula is C26H31N5O2. The second-order valence-corrected chi connectivity index (χ2v) is 8.84. The minimum absolute atomic E-state index is 0.0739. The lowest BCUT2D eigenvalue weighted by Crippen LogP contribution is -2.48. The molecule has 7 nitrogen and oxygen atoms in total. The number of primary amides is 1. The zero-order valence-corrected chi connectivity index (χ0v) is 19.2. The van der Waals surface area contributed by atoms with Gasteiger partial charge in [-0.25, -0.2) is 4.98 Å². The minimum Gasteiger partial charge on any atom is -0.366 e. The summed E-state index contributed by atoms with van der Waals surface area (Å²) in [5.41, 5.74) is 17.1. The lowest BCUT2D eigenvalue weighted by Gasteiger charge is -2.36. The Kier molecular flexibility index (Phi) is 6.60. The van der Waals surface area contributed by atoms with Gasteiger partial charge in [-0.3, -0.25) is 9.59 Å². The highest BCUT2D eigenvalue weighted by molar-refractivity contribution is 5.93. The van der Waals surface area contributed by atoms with Gasteiger partial charge in [0.15, 0.2) is 0 Å². The summed E-state index contributed by atoms with van der Waals surface area (Å²) >= 11 is 0. The molecule has 3 aromatic rings. The van der Waals surface area contributed by atoms with Crippen LogP contribution in [0.25, 0.3) is 11.3 Å². The van der Waals surface area contributed by atoms with Gasteiger partial charge >= 0.3 is 0 Å². The van der Waals surface area contributed by atoms with Crippen LogP contribution in [0.5, 0.6) is 0 Å². The second-order valence-electron chi connectivity index (χ2n) is 8.84. The predicted molar refractivity (Wildman–Crippen MR) is 128 cm³/mol. The number of imidazole rings is 1. The number of nitrogens with two attached hydrogens (primary N) is 2. The predicted octanol–water partition coefficient (Wildman–Crippen LogP) is 3.42. The molecule has 1 saturated heterocycles. The maximum atomic E-state index is 13.4. The summed E-state index contributed by atoms with van der Waals surface area (Å²) in [6, 6.07) is 12.7. The van der Waals surface area contributed by atoms with E-state index in [4.69, 9.17) is 16.5 Å². The van der Waals surface area contributed by atoms with E-state index in [2.05, 4.69) is 4.98 Å². The average molecular weight is 446 g/mol. The number of hydrogen-bond donors (Lipinski definition) is 3. The first-order valence-electron chi connectivity index (χ1n) is 11.4. The molecule has 0 saturated carbocycles. The number of piperidine rings is 1. The number of amides is 2. The van der Waals surface area contributed by atoms with Crippen LogP contribution in [0.3, 0.4) is 0 Å². The molecule has 7 heteroatoms. The second kappa shape index (κ2) is 9.58. The number of aryl methyl sites for hydroxylation is 2. The Hall–Kier alpha value is -3.45. The number of nitrogens with one attached hydrogen (secondary N) is 1. The Morgan fingerprint density at radius 2 is 1.85 bits per heavy atom. The molecule has 0 radical (unpaired) electrons. The summed E-state index contributed by atoms with van der Waals surface area (Å²) in [6.45, 7) is 4.50. The van der Waals surface area contributed by atoms with Gasteiger partial charge in [-0.15, -0.1) is 0 Å². The van der Waals surface area contributed by atoms with E-state index in [-0.39, 0.29) is 11.9 Å². The largest absolute Gasteiger partial charge is 0.366 e. The van der Waals surface area contributed by atoms with Gasteiger partial charge in [-0.1, -0.05) is 30.3 Å². The zero-order chi connectivity index (χ0) is 23.5. The zero-order valence-electron chi connectivity index (χ0n) is 19.2. The van der Waals surface area contributed by atoms with Gasteiger partial charge in [0.05, 0.1) is 17.8 Å². The van der Waals surface area contributed by atoms with E-state index in [0.29, 0.717) is 18.5 Å². The lowest BCUT2D eigenvalue weighted by atomic mass is 9.93. The molecule has 0 bridgehead atoms. The molecule has 4 rings (SSSR count). The lowest BCUT2D eigenvalue weighted by molar-refractivity contribution is -0.136. The molecular weight excluding hydrogens is 414 g/mol. The van der Waals surface area contributed by atoms with Gasteiger partial charge < -0.3 is 21.4 Å². The maximum Gasteiger partial charge on any atom is 0.248 e. The van der Waals surface area contributed by atoms with Gasteiger partial charge in [0, 0.05) is 23.9 Å². The van der Waals surface area contributed by atoms with E-state index >= 15 is 0 Å². The molecule has 1 aromatic heterocycles. The van der Waals surface area contributed by atoms with Crippen LogP contribution in [0.15, 0.2) is 48.7 Å². The van der Waals surface area contributed by atoms with Crippen LogP contribution in [-0.2, 0) is 11.2 Å². The summed E-state index contributed by atoms with van der Waals surface area (Å²) in [4.78, 5) is 35.0. The SMILES string of the molecule is Cc1cc(C(N)=O)cc(C)c1CC(N)C(=O)N1CCCCC1c1nc(-c2ccccc2)c[nH]1. The van der Waals surface area contributed by atoms with Crippen LogP contribution in [-0.4, -0.2) is 39.3 Å². The van der Waals surface area contributed by atoms with Crippen molar-refractivity contribution in [2.75, 3.05) is 6.54 Å². The van der Waals surface area contributed by atoms with E-state index in [0.717, 1.165) is 53.0 Å². The van der Waals surface area contributed by atoms with Crippen LogP contribution in [0.4, 0.5) is 0 Å². The van der Waals surface area contributed by atoms with Crippen molar-refractivity contribution >= 4 is 11.8 Å². The molecule has 2 unspecified atom stereocenters. The van der Waals surface area contributed by atoms with Crippen LogP contribution < -0.4 is 11.5 Å². The molecule has 1 aliphatic rings. The summed E-state index contributed by atoms with van der Waals surface area (Å²) in [5.74, 6) is 0.264.